The number of carbonyl (C=O) groups is 4. The van der Waals surface area contributed by atoms with E-state index in [4.69, 9.17) is 40.0 Å². The fraction of sp³-hybridized carbons (Fsp3) is 0.542. The summed E-state index contributed by atoms with van der Waals surface area (Å²) in [5.74, 6) is 0.449. The van der Waals surface area contributed by atoms with Crippen LogP contribution in [0.25, 0.3) is 0 Å². The maximum atomic E-state index is 13.6. The number of aryl methyl sites for hydroxylation is 1. The average molecular weight is 882 g/mol. The zero-order valence-electron chi connectivity index (χ0n) is 37.4. The van der Waals surface area contributed by atoms with E-state index >= 15 is 0 Å². The predicted molar refractivity (Wildman–Crippen MR) is 237 cm³/mol. The van der Waals surface area contributed by atoms with Crippen molar-refractivity contribution in [3.8, 4) is 23.0 Å². The summed E-state index contributed by atoms with van der Waals surface area (Å²) in [4.78, 5) is 51.6. The molecule has 0 saturated carbocycles. The molecule has 3 N–H and O–H groups in total. The topological polar surface area (TPSA) is 168 Å². The Morgan fingerprint density at radius 2 is 1.24 bits per heavy atom. The van der Waals surface area contributed by atoms with Gasteiger partial charge in [-0.05, 0) is 122 Å². The minimum atomic E-state index is -1.53. The summed E-state index contributed by atoms with van der Waals surface area (Å²) in [6.07, 6.45) is 6.76. The number of hydrogen-bond donors (Lipinski definition) is 3. The van der Waals surface area contributed by atoms with Gasteiger partial charge in [0.1, 0.15) is 29.8 Å². The quantitative estimate of drug-likeness (QED) is 0.0260. The summed E-state index contributed by atoms with van der Waals surface area (Å²) in [5, 5.41) is 16.4. The zero-order valence-corrected chi connectivity index (χ0v) is 38.2. The Balaban J connectivity index is 1.41. The minimum Gasteiger partial charge on any atom is -0.456 e. The summed E-state index contributed by atoms with van der Waals surface area (Å²) in [6, 6.07) is 15.1. The molecule has 2 amide bonds. The molecular weight excluding hydrogens is 816 g/mol. The Labute approximate surface area is 371 Å². The molecule has 13 nitrogen and oxygen atoms in total. The number of carbonyl (C=O) groups excluding carboxylic acids is 4. The van der Waals surface area contributed by atoms with Crippen LogP contribution in [0.1, 0.15) is 126 Å². The van der Waals surface area contributed by atoms with Crippen molar-refractivity contribution in [2.75, 3.05) is 52.2 Å². The summed E-state index contributed by atoms with van der Waals surface area (Å²) < 4.78 is 35.3. The number of aliphatic hydroxyl groups excluding tert-OH is 1. The van der Waals surface area contributed by atoms with Crippen molar-refractivity contribution in [2.24, 2.45) is 10.8 Å². The lowest BCUT2D eigenvalue weighted by Crippen LogP contribution is -2.37. The van der Waals surface area contributed by atoms with E-state index in [1.165, 1.54) is 0 Å². The molecule has 3 aromatic carbocycles. The van der Waals surface area contributed by atoms with Crippen molar-refractivity contribution in [1.82, 2.24) is 10.6 Å². The van der Waals surface area contributed by atoms with Gasteiger partial charge in [-0.25, -0.2) is 0 Å². The lowest BCUT2D eigenvalue weighted by Gasteiger charge is -2.41. The first-order valence-electron chi connectivity index (χ1n) is 21.5. The minimum absolute atomic E-state index is 0.0439. The van der Waals surface area contributed by atoms with Gasteiger partial charge in [-0.15, -0.1) is 11.6 Å². The average Bonchev–Trinajstić information content (AvgIpc) is 3.21. The molecular formula is C48H65ClN2O11. The van der Waals surface area contributed by atoms with Crippen LogP contribution in [0.15, 0.2) is 54.6 Å². The number of rotatable bonds is 24. The van der Waals surface area contributed by atoms with E-state index in [-0.39, 0.29) is 34.8 Å². The van der Waals surface area contributed by atoms with Gasteiger partial charge >= 0.3 is 11.9 Å². The first-order valence-corrected chi connectivity index (χ1v) is 22.1. The Bertz CT molecular complexity index is 1890. The van der Waals surface area contributed by atoms with E-state index in [9.17, 15) is 24.3 Å². The normalized spacial score (nSPS) is 13.0. The van der Waals surface area contributed by atoms with Gasteiger partial charge < -0.3 is 44.2 Å². The highest BCUT2D eigenvalue weighted by molar-refractivity contribution is 6.17. The first kappa shape index (κ1) is 50.1. The largest absolute Gasteiger partial charge is 0.456 e. The molecule has 0 fully saturated rings. The lowest BCUT2D eigenvalue weighted by atomic mass is 9.75. The van der Waals surface area contributed by atoms with Crippen LogP contribution < -0.4 is 24.8 Å². The summed E-state index contributed by atoms with van der Waals surface area (Å²) in [7, 11) is 0. The standard InChI is InChI=1S/C48H65ClN2O11/c1-33-16-17-34(43(54)51-23-13-10-11-15-42(53)50-24-26-58-28-27-57-25-14-9-8-12-22-49)29-39(33)48(59-32-52)37-20-18-35(60-44(55)46(2,3)4)30-40(37)62-41-31-36(19-21-38(41)48)61-45(56)47(5,6)7/h16-21,29-31,52H,8-15,22-28,32H2,1-7H3,(H,50,53)(H,51,54). The molecule has 1 aliphatic heterocycles. The molecule has 0 atom stereocenters. The fourth-order valence-electron chi connectivity index (χ4n) is 6.65. The van der Waals surface area contributed by atoms with Gasteiger partial charge in [-0.3, -0.25) is 19.2 Å². The Morgan fingerprint density at radius 1 is 0.661 bits per heavy atom. The highest BCUT2D eigenvalue weighted by Gasteiger charge is 2.47. The number of halogens is 1. The van der Waals surface area contributed by atoms with Gasteiger partial charge in [-0.1, -0.05) is 25.3 Å². The Kier molecular flexibility index (Phi) is 19.2. The van der Waals surface area contributed by atoms with Gasteiger partial charge in [0.15, 0.2) is 5.60 Å². The van der Waals surface area contributed by atoms with E-state index in [2.05, 4.69) is 10.6 Å². The number of esters is 2. The van der Waals surface area contributed by atoms with Crippen LogP contribution in [0.2, 0.25) is 0 Å². The third-order valence-electron chi connectivity index (χ3n) is 10.2. The van der Waals surface area contributed by atoms with Gasteiger partial charge in [0.2, 0.25) is 5.91 Å². The summed E-state index contributed by atoms with van der Waals surface area (Å²) in [5.41, 5.74) is -0.443. The molecule has 0 bridgehead atoms. The van der Waals surface area contributed by atoms with E-state index < -0.39 is 35.2 Å². The maximum absolute atomic E-state index is 13.6. The molecule has 0 aliphatic carbocycles. The first-order chi connectivity index (χ1) is 29.5. The van der Waals surface area contributed by atoms with Gasteiger partial charge in [0.05, 0.1) is 30.7 Å². The summed E-state index contributed by atoms with van der Waals surface area (Å²) in [6.45, 7) is 14.6. The third kappa shape index (κ3) is 14.2. The fourth-order valence-corrected chi connectivity index (χ4v) is 6.83. The van der Waals surface area contributed by atoms with Crippen molar-refractivity contribution in [3.63, 3.8) is 0 Å². The number of ether oxygens (including phenoxy) is 6. The van der Waals surface area contributed by atoms with Crippen LogP contribution in [0.4, 0.5) is 0 Å². The van der Waals surface area contributed by atoms with Crippen LogP contribution in [0.3, 0.4) is 0 Å². The molecule has 14 heteroatoms. The van der Waals surface area contributed by atoms with Crippen molar-refractivity contribution in [3.05, 3.63) is 82.4 Å². The van der Waals surface area contributed by atoms with Crippen LogP contribution >= 0.6 is 11.6 Å². The molecule has 62 heavy (non-hydrogen) atoms. The van der Waals surface area contributed by atoms with E-state index in [0.29, 0.717) is 86.9 Å². The van der Waals surface area contributed by atoms with Crippen molar-refractivity contribution in [2.45, 2.75) is 105 Å². The second-order valence-electron chi connectivity index (χ2n) is 17.4. The van der Waals surface area contributed by atoms with E-state index in [1.807, 2.05) is 13.0 Å². The molecule has 0 saturated heterocycles. The van der Waals surface area contributed by atoms with Crippen LogP contribution in [-0.4, -0.2) is 81.0 Å². The van der Waals surface area contributed by atoms with Crippen LogP contribution in [-0.2, 0) is 34.2 Å². The van der Waals surface area contributed by atoms with Crippen LogP contribution in [0, 0.1) is 17.8 Å². The highest BCUT2D eigenvalue weighted by Crippen LogP contribution is 2.54. The molecule has 0 unspecified atom stereocenters. The second kappa shape index (κ2) is 23.8. The predicted octanol–water partition coefficient (Wildman–Crippen LogP) is 8.50. The number of amides is 2. The molecule has 1 heterocycles. The van der Waals surface area contributed by atoms with Gasteiger partial charge in [0, 0.05) is 60.8 Å². The Morgan fingerprint density at radius 3 is 1.82 bits per heavy atom. The maximum Gasteiger partial charge on any atom is 0.316 e. The molecule has 3 aromatic rings. The Hall–Kier alpha value is -4.53. The number of fused-ring (bicyclic) bond motifs is 2. The summed E-state index contributed by atoms with van der Waals surface area (Å²) >= 11 is 5.69. The molecule has 340 valence electrons. The smallest absolute Gasteiger partial charge is 0.316 e. The second-order valence-corrected chi connectivity index (χ2v) is 17.8. The molecule has 0 radical (unpaired) electrons. The van der Waals surface area contributed by atoms with Gasteiger partial charge in [-0.2, -0.15) is 0 Å². The highest BCUT2D eigenvalue weighted by atomic mass is 35.5. The molecule has 0 aromatic heterocycles. The van der Waals surface area contributed by atoms with Crippen molar-refractivity contribution in [1.29, 1.82) is 0 Å². The number of hydrogen-bond acceptors (Lipinski definition) is 11. The number of benzene rings is 3. The number of alkyl halides is 1. The number of unbranched alkanes of at least 4 members (excludes halogenated alkanes) is 5. The SMILES string of the molecule is Cc1ccc(C(=O)NCCCCCC(=O)NCCOCCOCCCCCCCl)cc1C1(OCO)c2ccc(OC(=O)C(C)(C)C)cc2Oc2cc(OC(=O)C(C)(C)C)ccc21. The van der Waals surface area contributed by atoms with Crippen molar-refractivity contribution >= 4 is 35.4 Å². The van der Waals surface area contributed by atoms with Gasteiger partial charge in [0.25, 0.3) is 5.91 Å². The third-order valence-corrected chi connectivity index (χ3v) is 10.4. The number of aliphatic hydroxyl groups is 1. The lowest BCUT2D eigenvalue weighted by molar-refractivity contribution is -0.143. The van der Waals surface area contributed by atoms with E-state index in [1.54, 1.807) is 90.1 Å². The number of nitrogens with one attached hydrogen (secondary N) is 2. The van der Waals surface area contributed by atoms with E-state index in [0.717, 1.165) is 37.7 Å². The monoisotopic (exact) mass is 880 g/mol. The zero-order chi connectivity index (χ0) is 45.3. The molecule has 4 rings (SSSR count). The van der Waals surface area contributed by atoms with Crippen molar-refractivity contribution < 1.29 is 52.7 Å². The van der Waals surface area contributed by atoms with Crippen LogP contribution in [0.5, 0.6) is 23.0 Å². The molecule has 1 aliphatic rings. The molecule has 0 spiro atoms.